The molecule has 138 valence electrons. The minimum Gasteiger partial charge on any atom is -0.447 e. The largest absolute Gasteiger partial charge is 0.447 e. The number of rotatable bonds is 9. The Balaban J connectivity index is 1.75. The summed E-state index contributed by atoms with van der Waals surface area (Å²) in [7, 11) is 1.81. The summed E-state index contributed by atoms with van der Waals surface area (Å²) in [5, 5.41) is 5.80. The summed E-state index contributed by atoms with van der Waals surface area (Å²) in [5.74, 6) is 0.431. The molecule has 0 fully saturated rings. The van der Waals surface area contributed by atoms with Gasteiger partial charge >= 0.3 is 6.09 Å². The van der Waals surface area contributed by atoms with Crippen LogP contribution in [0.2, 0.25) is 0 Å². The van der Waals surface area contributed by atoms with Crippen molar-refractivity contribution in [2.75, 3.05) is 25.5 Å². The Labute approximate surface area is 153 Å². The lowest BCUT2D eigenvalue weighted by atomic mass is 10.2. The first-order valence-corrected chi connectivity index (χ1v) is 8.48. The zero-order valence-electron chi connectivity index (χ0n) is 15.1. The van der Waals surface area contributed by atoms with Crippen LogP contribution in [0, 0.1) is 0 Å². The molecular weight excluding hydrogens is 332 g/mol. The van der Waals surface area contributed by atoms with E-state index in [0.29, 0.717) is 12.4 Å². The quantitative estimate of drug-likeness (QED) is 0.552. The van der Waals surface area contributed by atoms with Gasteiger partial charge in [0.15, 0.2) is 0 Å². The van der Waals surface area contributed by atoms with E-state index in [4.69, 9.17) is 4.74 Å². The van der Waals surface area contributed by atoms with Crippen LogP contribution in [0.15, 0.2) is 48.7 Å². The molecule has 26 heavy (non-hydrogen) atoms. The van der Waals surface area contributed by atoms with Crippen LogP contribution in [0.3, 0.4) is 0 Å². The van der Waals surface area contributed by atoms with Crippen molar-refractivity contribution in [3.8, 4) is 0 Å². The lowest BCUT2D eigenvalue weighted by Gasteiger charge is -2.28. The molecule has 0 atom stereocenters. The van der Waals surface area contributed by atoms with E-state index in [1.807, 2.05) is 43.3 Å². The molecule has 1 N–H and O–H groups in total. The van der Waals surface area contributed by atoms with Crippen molar-refractivity contribution in [3.63, 3.8) is 0 Å². The van der Waals surface area contributed by atoms with Gasteiger partial charge in [-0.3, -0.25) is 15.1 Å². The van der Waals surface area contributed by atoms with Crippen LogP contribution in [0.5, 0.6) is 0 Å². The number of carbonyl (C=O) groups excluding carboxylic acids is 2. The molecule has 0 aliphatic carbocycles. The molecule has 2 aromatic rings. The number of pyridine rings is 1. The number of benzene rings is 1. The molecule has 0 aliphatic heterocycles. The second kappa shape index (κ2) is 10.1. The van der Waals surface area contributed by atoms with Gasteiger partial charge in [-0.25, -0.2) is 14.8 Å². The van der Waals surface area contributed by atoms with E-state index in [9.17, 15) is 9.59 Å². The Bertz CT molecular complexity index is 692. The van der Waals surface area contributed by atoms with Gasteiger partial charge in [-0.2, -0.15) is 0 Å². The van der Waals surface area contributed by atoms with E-state index in [0.717, 1.165) is 24.0 Å². The number of aromatic nitrogens is 1. The Kier molecular flexibility index (Phi) is 7.57. The minimum absolute atomic E-state index is 0.0801. The van der Waals surface area contributed by atoms with Gasteiger partial charge in [0.1, 0.15) is 12.4 Å². The van der Waals surface area contributed by atoms with Crippen molar-refractivity contribution < 1.29 is 14.3 Å². The van der Waals surface area contributed by atoms with Crippen molar-refractivity contribution in [2.45, 2.75) is 19.9 Å². The molecule has 0 saturated heterocycles. The molecule has 7 nitrogen and oxygen atoms in total. The number of aryl methyl sites for hydroxylation is 1. The molecule has 0 aliphatic rings. The van der Waals surface area contributed by atoms with Crippen LogP contribution >= 0.6 is 0 Å². The Morgan fingerprint density at radius 1 is 1.19 bits per heavy atom. The maximum Gasteiger partial charge on any atom is 0.412 e. The summed E-state index contributed by atoms with van der Waals surface area (Å²) in [5.41, 5.74) is 2.18. The summed E-state index contributed by atoms with van der Waals surface area (Å²) in [6, 6.07) is 13.4. The predicted molar refractivity (Wildman–Crippen MR) is 99.3 cm³/mol. The fourth-order valence-electron chi connectivity index (χ4n) is 2.32. The molecule has 0 unspecified atom stereocenters. The first kappa shape index (κ1) is 19.4. The number of hydrogen-bond acceptors (Lipinski definition) is 5. The number of hydrazine groups is 1. The number of amides is 2. The fraction of sp³-hybridized carbons (Fsp3) is 0.316. The zero-order chi connectivity index (χ0) is 18.8. The molecule has 2 amide bonds. The molecule has 1 aromatic carbocycles. The van der Waals surface area contributed by atoms with Gasteiger partial charge < -0.3 is 4.74 Å². The molecule has 7 heteroatoms. The smallest absolute Gasteiger partial charge is 0.412 e. The SMILES string of the molecule is CCc1ccc(NC(=O)OCCN(C=O)N(C)Cc2ccccc2)nc1. The molecule has 0 saturated carbocycles. The maximum absolute atomic E-state index is 11.8. The van der Waals surface area contributed by atoms with Crippen LogP contribution in [0.25, 0.3) is 0 Å². The Morgan fingerprint density at radius 2 is 1.96 bits per heavy atom. The molecule has 0 spiro atoms. The third-order valence-electron chi connectivity index (χ3n) is 3.83. The predicted octanol–water partition coefficient (Wildman–Crippen LogP) is 2.70. The second-order valence-electron chi connectivity index (χ2n) is 5.74. The Morgan fingerprint density at radius 3 is 2.58 bits per heavy atom. The summed E-state index contributed by atoms with van der Waals surface area (Å²) < 4.78 is 5.12. The van der Waals surface area contributed by atoms with E-state index < -0.39 is 6.09 Å². The van der Waals surface area contributed by atoms with Crippen molar-refractivity contribution in [1.29, 1.82) is 0 Å². The van der Waals surface area contributed by atoms with Crippen molar-refractivity contribution >= 4 is 18.3 Å². The number of hydrogen-bond donors (Lipinski definition) is 1. The van der Waals surface area contributed by atoms with Crippen molar-refractivity contribution in [3.05, 3.63) is 59.8 Å². The van der Waals surface area contributed by atoms with Gasteiger partial charge in [0.25, 0.3) is 0 Å². The van der Waals surface area contributed by atoms with Gasteiger partial charge in [0.05, 0.1) is 6.54 Å². The average molecular weight is 356 g/mol. The molecule has 2 rings (SSSR count). The molecule has 0 radical (unpaired) electrons. The van der Waals surface area contributed by atoms with Crippen molar-refractivity contribution in [2.24, 2.45) is 0 Å². The van der Waals surface area contributed by atoms with Gasteiger partial charge in [-0.05, 0) is 23.6 Å². The summed E-state index contributed by atoms with van der Waals surface area (Å²) in [6.07, 6.45) is 2.71. The lowest BCUT2D eigenvalue weighted by molar-refractivity contribution is -0.134. The van der Waals surface area contributed by atoms with Gasteiger partial charge in [-0.1, -0.05) is 43.3 Å². The molecule has 1 heterocycles. The van der Waals surface area contributed by atoms with Crippen LogP contribution in [-0.4, -0.2) is 47.7 Å². The summed E-state index contributed by atoms with van der Waals surface area (Å²) in [4.78, 5) is 27.2. The highest BCUT2D eigenvalue weighted by Gasteiger charge is 2.11. The minimum atomic E-state index is -0.599. The number of ether oxygens (including phenoxy) is 1. The topological polar surface area (TPSA) is 74.8 Å². The highest BCUT2D eigenvalue weighted by Crippen LogP contribution is 2.07. The molecule has 1 aromatic heterocycles. The standard InChI is InChI=1S/C19H24N4O3/c1-3-16-9-10-18(20-13-16)21-19(25)26-12-11-23(15-24)22(2)14-17-7-5-4-6-8-17/h4-10,13,15H,3,11-12,14H2,1-2H3,(H,20,21,25). The number of carbonyl (C=O) groups is 2. The highest BCUT2D eigenvalue weighted by atomic mass is 16.5. The van der Waals surface area contributed by atoms with Crippen molar-refractivity contribution in [1.82, 2.24) is 15.0 Å². The van der Waals surface area contributed by atoms with Gasteiger partial charge in [0.2, 0.25) is 6.41 Å². The van der Waals surface area contributed by atoms with Crippen LogP contribution in [0.1, 0.15) is 18.1 Å². The second-order valence-corrected chi connectivity index (χ2v) is 5.74. The van der Waals surface area contributed by atoms with Crippen LogP contribution in [-0.2, 0) is 22.5 Å². The third-order valence-corrected chi connectivity index (χ3v) is 3.83. The first-order valence-electron chi connectivity index (χ1n) is 8.48. The lowest BCUT2D eigenvalue weighted by Crippen LogP contribution is -2.40. The summed E-state index contributed by atoms with van der Waals surface area (Å²) in [6.45, 7) is 2.96. The Hall–Kier alpha value is -2.93. The van der Waals surface area contributed by atoms with E-state index in [1.54, 1.807) is 24.3 Å². The average Bonchev–Trinajstić information content (AvgIpc) is 2.66. The fourth-order valence-corrected chi connectivity index (χ4v) is 2.32. The van der Waals surface area contributed by atoms with Crippen LogP contribution < -0.4 is 5.32 Å². The van der Waals surface area contributed by atoms with E-state index in [2.05, 4.69) is 10.3 Å². The third kappa shape index (κ3) is 6.18. The van der Waals surface area contributed by atoms with E-state index >= 15 is 0 Å². The molecular formula is C19H24N4O3. The van der Waals surface area contributed by atoms with Crippen LogP contribution in [0.4, 0.5) is 10.6 Å². The summed E-state index contributed by atoms with van der Waals surface area (Å²) >= 11 is 0. The van der Waals surface area contributed by atoms with E-state index in [-0.39, 0.29) is 13.2 Å². The number of anilines is 1. The van der Waals surface area contributed by atoms with Gasteiger partial charge in [-0.15, -0.1) is 0 Å². The van der Waals surface area contributed by atoms with E-state index in [1.165, 1.54) is 5.01 Å². The zero-order valence-corrected chi connectivity index (χ0v) is 15.1. The first-order chi connectivity index (χ1) is 12.6. The number of nitrogens with zero attached hydrogens (tertiary/aromatic N) is 3. The maximum atomic E-state index is 11.8. The monoisotopic (exact) mass is 356 g/mol. The normalized spacial score (nSPS) is 10.4. The molecule has 0 bridgehead atoms. The number of nitrogens with one attached hydrogen (secondary N) is 1. The highest BCUT2D eigenvalue weighted by molar-refractivity contribution is 5.83. The van der Waals surface area contributed by atoms with Gasteiger partial charge in [0, 0.05) is 19.8 Å².